The van der Waals surface area contributed by atoms with Crippen molar-refractivity contribution < 1.29 is 13.9 Å². The predicted octanol–water partition coefficient (Wildman–Crippen LogP) is 4.14. The van der Waals surface area contributed by atoms with Crippen molar-refractivity contribution in [2.75, 3.05) is 0 Å². The smallest absolute Gasteiger partial charge is 0.248 e. The van der Waals surface area contributed by atoms with Gasteiger partial charge in [0.2, 0.25) is 5.92 Å². The Bertz CT molecular complexity index is 267. The summed E-state index contributed by atoms with van der Waals surface area (Å²) in [6, 6.07) is 0. The second-order valence-electron chi connectivity index (χ2n) is 6.43. The zero-order valence-corrected chi connectivity index (χ0v) is 10.7. The molecule has 0 radical (unpaired) electrons. The van der Waals surface area contributed by atoms with E-state index in [-0.39, 0.29) is 18.8 Å². The van der Waals surface area contributed by atoms with Gasteiger partial charge in [-0.2, -0.15) is 0 Å². The highest BCUT2D eigenvalue weighted by Crippen LogP contribution is 2.44. The maximum absolute atomic E-state index is 13.1. The molecular formula is C14H24F2O. The molecular weight excluding hydrogens is 222 g/mol. The fraction of sp³-hybridized carbons (Fsp3) is 1.00. The molecule has 2 aliphatic carbocycles. The summed E-state index contributed by atoms with van der Waals surface area (Å²) >= 11 is 0. The zero-order chi connectivity index (χ0) is 12.5. The van der Waals surface area contributed by atoms with Gasteiger partial charge >= 0.3 is 0 Å². The number of hydrogen-bond acceptors (Lipinski definition) is 1. The molecule has 0 spiro atoms. The lowest BCUT2D eigenvalue weighted by Gasteiger charge is -2.29. The van der Waals surface area contributed by atoms with Gasteiger partial charge in [0.25, 0.3) is 0 Å². The standard InChI is InChI=1S/C14H24F2O/c1-11-3-2-6-13(17,7-4-11)9-12-5-8-14(15,16)10-12/h11-12,17H,2-10H2,1H3. The van der Waals surface area contributed by atoms with Gasteiger partial charge in [-0.25, -0.2) is 8.78 Å². The lowest BCUT2D eigenvalue weighted by atomic mass is 9.83. The molecule has 1 nitrogen and oxygen atoms in total. The van der Waals surface area contributed by atoms with E-state index < -0.39 is 11.5 Å². The molecule has 2 fully saturated rings. The SMILES string of the molecule is CC1CCCC(O)(CC2CCC(F)(F)C2)CC1. The van der Waals surface area contributed by atoms with Crippen molar-refractivity contribution >= 4 is 0 Å². The van der Waals surface area contributed by atoms with Crippen LogP contribution in [0.4, 0.5) is 8.78 Å². The lowest BCUT2D eigenvalue weighted by molar-refractivity contribution is -0.0171. The minimum atomic E-state index is -2.47. The highest BCUT2D eigenvalue weighted by molar-refractivity contribution is 4.90. The normalized spacial score (nSPS) is 42.4. The van der Waals surface area contributed by atoms with E-state index >= 15 is 0 Å². The van der Waals surface area contributed by atoms with Gasteiger partial charge in [0.15, 0.2) is 0 Å². The third-order valence-corrected chi connectivity index (χ3v) is 4.62. The summed E-state index contributed by atoms with van der Waals surface area (Å²) in [7, 11) is 0. The molecule has 0 saturated heterocycles. The molecule has 3 heteroatoms. The summed E-state index contributed by atoms with van der Waals surface area (Å²) in [6.07, 6.45) is 6.05. The van der Waals surface area contributed by atoms with E-state index in [0.717, 1.165) is 25.7 Å². The van der Waals surface area contributed by atoms with Crippen molar-refractivity contribution in [3.63, 3.8) is 0 Å². The van der Waals surface area contributed by atoms with E-state index in [2.05, 4.69) is 6.92 Å². The van der Waals surface area contributed by atoms with E-state index in [1.54, 1.807) is 0 Å². The van der Waals surface area contributed by atoms with Crippen LogP contribution in [0.5, 0.6) is 0 Å². The highest BCUT2D eigenvalue weighted by atomic mass is 19.3. The quantitative estimate of drug-likeness (QED) is 0.726. The monoisotopic (exact) mass is 246 g/mol. The van der Waals surface area contributed by atoms with Gasteiger partial charge in [-0.15, -0.1) is 0 Å². The Kier molecular flexibility index (Phi) is 3.77. The van der Waals surface area contributed by atoms with Gasteiger partial charge in [-0.05, 0) is 43.9 Å². The molecule has 1 N–H and O–H groups in total. The Morgan fingerprint density at radius 1 is 1.12 bits per heavy atom. The summed E-state index contributed by atoms with van der Waals surface area (Å²) < 4.78 is 26.3. The van der Waals surface area contributed by atoms with Crippen LogP contribution >= 0.6 is 0 Å². The van der Waals surface area contributed by atoms with Gasteiger partial charge in [0, 0.05) is 12.8 Å². The van der Waals surface area contributed by atoms with Crippen molar-refractivity contribution in [1.82, 2.24) is 0 Å². The molecule has 0 aromatic carbocycles. The molecule has 2 aliphatic rings. The Morgan fingerprint density at radius 3 is 2.53 bits per heavy atom. The summed E-state index contributed by atoms with van der Waals surface area (Å²) in [4.78, 5) is 0. The van der Waals surface area contributed by atoms with Gasteiger partial charge in [-0.3, -0.25) is 0 Å². The van der Waals surface area contributed by atoms with Gasteiger partial charge in [-0.1, -0.05) is 19.8 Å². The van der Waals surface area contributed by atoms with Crippen LogP contribution in [0.2, 0.25) is 0 Å². The summed E-state index contributed by atoms with van der Waals surface area (Å²) in [5.41, 5.74) is -0.657. The van der Waals surface area contributed by atoms with E-state index in [9.17, 15) is 13.9 Å². The second kappa shape index (κ2) is 4.83. The number of alkyl halides is 2. The Balaban J connectivity index is 1.89. The van der Waals surface area contributed by atoms with Crippen LogP contribution in [0.25, 0.3) is 0 Å². The average molecular weight is 246 g/mol. The van der Waals surface area contributed by atoms with Crippen molar-refractivity contribution in [3.05, 3.63) is 0 Å². The first kappa shape index (κ1) is 13.3. The van der Waals surface area contributed by atoms with Crippen LogP contribution in [-0.2, 0) is 0 Å². The first-order valence-electron chi connectivity index (χ1n) is 6.99. The maximum Gasteiger partial charge on any atom is 0.248 e. The van der Waals surface area contributed by atoms with Crippen LogP contribution in [0.3, 0.4) is 0 Å². The maximum atomic E-state index is 13.1. The molecule has 17 heavy (non-hydrogen) atoms. The Morgan fingerprint density at radius 2 is 1.88 bits per heavy atom. The molecule has 0 aliphatic heterocycles. The molecule has 0 bridgehead atoms. The van der Waals surface area contributed by atoms with Gasteiger partial charge < -0.3 is 5.11 Å². The molecule has 0 aromatic rings. The van der Waals surface area contributed by atoms with Crippen molar-refractivity contribution in [2.24, 2.45) is 11.8 Å². The zero-order valence-electron chi connectivity index (χ0n) is 10.7. The fourth-order valence-corrected chi connectivity index (χ4v) is 3.52. The molecule has 2 saturated carbocycles. The van der Waals surface area contributed by atoms with Crippen LogP contribution in [-0.4, -0.2) is 16.6 Å². The van der Waals surface area contributed by atoms with Crippen LogP contribution < -0.4 is 0 Å². The summed E-state index contributed by atoms with van der Waals surface area (Å²) in [5.74, 6) is -1.77. The fourth-order valence-electron chi connectivity index (χ4n) is 3.52. The first-order valence-corrected chi connectivity index (χ1v) is 6.99. The van der Waals surface area contributed by atoms with Crippen LogP contribution in [0.1, 0.15) is 64.7 Å². The average Bonchev–Trinajstić information content (AvgIpc) is 2.45. The number of aliphatic hydroxyl groups is 1. The molecule has 0 aromatic heterocycles. The van der Waals surface area contributed by atoms with Gasteiger partial charge in [0.1, 0.15) is 0 Å². The van der Waals surface area contributed by atoms with E-state index in [1.807, 2.05) is 0 Å². The Labute approximate surface area is 103 Å². The first-order chi connectivity index (χ1) is 7.89. The number of halogens is 2. The van der Waals surface area contributed by atoms with Gasteiger partial charge in [0.05, 0.1) is 5.60 Å². The minimum absolute atomic E-state index is 0.00906. The van der Waals surface area contributed by atoms with E-state index in [1.165, 1.54) is 6.42 Å². The molecule has 0 heterocycles. The van der Waals surface area contributed by atoms with E-state index in [4.69, 9.17) is 0 Å². The summed E-state index contributed by atoms with van der Waals surface area (Å²) in [5, 5.41) is 10.6. The largest absolute Gasteiger partial charge is 0.390 e. The summed E-state index contributed by atoms with van der Waals surface area (Å²) in [6.45, 7) is 2.22. The third-order valence-electron chi connectivity index (χ3n) is 4.62. The third kappa shape index (κ3) is 3.64. The molecule has 0 amide bonds. The topological polar surface area (TPSA) is 20.2 Å². The molecule has 2 rings (SSSR count). The van der Waals surface area contributed by atoms with Crippen molar-refractivity contribution in [1.29, 1.82) is 0 Å². The Hall–Kier alpha value is -0.180. The molecule has 3 atom stereocenters. The molecule has 100 valence electrons. The minimum Gasteiger partial charge on any atom is -0.390 e. The molecule has 3 unspecified atom stereocenters. The number of rotatable bonds is 2. The lowest BCUT2D eigenvalue weighted by Crippen LogP contribution is -2.30. The van der Waals surface area contributed by atoms with E-state index in [0.29, 0.717) is 18.8 Å². The van der Waals surface area contributed by atoms with Crippen molar-refractivity contribution in [3.8, 4) is 0 Å². The second-order valence-corrected chi connectivity index (χ2v) is 6.43. The van der Waals surface area contributed by atoms with Crippen molar-refractivity contribution in [2.45, 2.75) is 76.2 Å². The predicted molar refractivity (Wildman–Crippen MR) is 64.1 cm³/mol. The highest BCUT2D eigenvalue weighted by Gasteiger charge is 2.42. The van der Waals surface area contributed by atoms with Crippen LogP contribution in [0.15, 0.2) is 0 Å². The van der Waals surface area contributed by atoms with Crippen LogP contribution in [0, 0.1) is 11.8 Å². The number of hydrogen-bond donors (Lipinski definition) is 1.